The topological polar surface area (TPSA) is 75.3 Å². The molecule has 0 saturated heterocycles. The molecule has 0 fully saturated rings. The van der Waals surface area contributed by atoms with Crippen molar-refractivity contribution >= 4 is 17.5 Å². The predicted molar refractivity (Wildman–Crippen MR) is 59.0 cm³/mol. The molecule has 1 heterocycles. The number of nitrogens with zero attached hydrogens (tertiary/aromatic N) is 1. The van der Waals surface area contributed by atoms with Gasteiger partial charge in [0.2, 0.25) is 5.78 Å². The lowest BCUT2D eigenvalue weighted by atomic mass is 9.98. The zero-order valence-electron chi connectivity index (χ0n) is 9.98. The highest BCUT2D eigenvalue weighted by atomic mass is 16.4. The summed E-state index contributed by atoms with van der Waals surface area (Å²) in [5.41, 5.74) is 0.832. The fourth-order valence-electron chi connectivity index (χ4n) is 1.82. The first-order chi connectivity index (χ1) is 7.84. The quantitative estimate of drug-likeness (QED) is 0.611. The Hall–Kier alpha value is -2.04. The Morgan fingerprint density at radius 2 is 1.82 bits per heavy atom. The maximum atomic E-state index is 11.5. The summed E-state index contributed by atoms with van der Waals surface area (Å²) in [4.78, 5) is 33.7. The molecule has 0 aliphatic rings. The van der Waals surface area contributed by atoms with Gasteiger partial charge in [0.25, 0.3) is 5.69 Å². The van der Waals surface area contributed by atoms with Gasteiger partial charge in [0.1, 0.15) is 7.05 Å². The van der Waals surface area contributed by atoms with Gasteiger partial charge in [-0.1, -0.05) is 0 Å². The Kier molecular flexibility index (Phi) is 3.73. The van der Waals surface area contributed by atoms with E-state index in [1.165, 1.54) is 24.5 Å². The summed E-state index contributed by atoms with van der Waals surface area (Å²) in [5.74, 6) is -1.57. The number of aromatic nitrogens is 1. The fourth-order valence-corrected chi connectivity index (χ4v) is 1.82. The summed E-state index contributed by atoms with van der Waals surface area (Å²) in [6, 6.07) is 1.53. The summed E-state index contributed by atoms with van der Waals surface area (Å²) in [5, 5.41) is 8.84. The fraction of sp³-hybridized carbons (Fsp3) is 0.333. The van der Waals surface area contributed by atoms with E-state index in [-0.39, 0.29) is 34.8 Å². The molecule has 0 atom stereocenters. The Labute approximate surface area is 98.7 Å². The molecular formula is C12H14NO4+. The van der Waals surface area contributed by atoms with Crippen molar-refractivity contribution in [3.63, 3.8) is 0 Å². The largest absolute Gasteiger partial charge is 0.481 e. The Balaban J connectivity index is 3.55. The summed E-state index contributed by atoms with van der Waals surface area (Å²) in [7, 11) is 1.64. The number of ketones is 2. The molecule has 0 aliphatic heterocycles. The number of carbonyl (C=O) groups is 3. The Morgan fingerprint density at radius 1 is 1.24 bits per heavy atom. The van der Waals surface area contributed by atoms with Gasteiger partial charge in [-0.3, -0.25) is 14.4 Å². The first-order valence-electron chi connectivity index (χ1n) is 5.09. The maximum Gasteiger partial charge on any atom is 0.308 e. The van der Waals surface area contributed by atoms with Crippen LogP contribution < -0.4 is 4.57 Å². The van der Waals surface area contributed by atoms with Crippen LogP contribution in [0.15, 0.2) is 12.3 Å². The smallest absolute Gasteiger partial charge is 0.308 e. The van der Waals surface area contributed by atoms with E-state index in [0.29, 0.717) is 0 Å². The average molecular weight is 236 g/mol. The first-order valence-corrected chi connectivity index (χ1v) is 5.09. The van der Waals surface area contributed by atoms with Crippen molar-refractivity contribution in [2.75, 3.05) is 0 Å². The van der Waals surface area contributed by atoms with Crippen molar-refractivity contribution in [3.8, 4) is 0 Å². The second-order valence-electron chi connectivity index (χ2n) is 3.85. The van der Waals surface area contributed by atoms with Crippen LogP contribution in [0.25, 0.3) is 0 Å². The van der Waals surface area contributed by atoms with Crippen LogP contribution in [0, 0.1) is 0 Å². The van der Waals surface area contributed by atoms with Crippen molar-refractivity contribution in [1.29, 1.82) is 0 Å². The van der Waals surface area contributed by atoms with Gasteiger partial charge in [0.05, 0.1) is 6.42 Å². The monoisotopic (exact) mass is 236 g/mol. The zero-order valence-corrected chi connectivity index (χ0v) is 9.98. The first kappa shape index (κ1) is 13.0. The predicted octanol–water partition coefficient (Wildman–Crippen LogP) is 0.543. The molecule has 5 nitrogen and oxygen atoms in total. The number of hydrogen-bond acceptors (Lipinski definition) is 3. The van der Waals surface area contributed by atoms with Crippen LogP contribution in [0.1, 0.15) is 40.3 Å². The van der Waals surface area contributed by atoms with Crippen molar-refractivity contribution < 1.29 is 24.1 Å². The molecule has 1 aromatic heterocycles. The summed E-state index contributed by atoms with van der Waals surface area (Å²) < 4.78 is 1.53. The number of Topliss-reactive ketones (excluding diaryl/α,β-unsaturated/α-hetero) is 2. The summed E-state index contributed by atoms with van der Waals surface area (Å²) in [6.45, 7) is 2.70. The van der Waals surface area contributed by atoms with Crippen LogP contribution >= 0.6 is 0 Å². The van der Waals surface area contributed by atoms with Crippen molar-refractivity contribution in [1.82, 2.24) is 0 Å². The van der Waals surface area contributed by atoms with Crippen LogP contribution in [0.4, 0.5) is 0 Å². The van der Waals surface area contributed by atoms with E-state index in [9.17, 15) is 14.4 Å². The van der Waals surface area contributed by atoms with Gasteiger partial charge in [0, 0.05) is 24.1 Å². The van der Waals surface area contributed by atoms with Gasteiger partial charge in [-0.15, -0.1) is 0 Å². The molecule has 0 aromatic carbocycles. The molecule has 0 amide bonds. The molecule has 1 rings (SSSR count). The molecule has 17 heavy (non-hydrogen) atoms. The minimum absolute atomic E-state index is 0.246. The average Bonchev–Trinajstić information content (AvgIpc) is 2.15. The highest BCUT2D eigenvalue weighted by Crippen LogP contribution is 2.14. The van der Waals surface area contributed by atoms with E-state index in [0.717, 1.165) is 0 Å². The number of carboxylic acid groups (broad SMARTS) is 1. The molecule has 5 heteroatoms. The SMILES string of the molecule is CC(=O)c1cc[n+](C)c(C(C)=O)c1CC(=O)O. The van der Waals surface area contributed by atoms with Gasteiger partial charge >= 0.3 is 5.97 Å². The van der Waals surface area contributed by atoms with E-state index < -0.39 is 5.97 Å². The Morgan fingerprint density at radius 3 is 2.24 bits per heavy atom. The molecule has 0 spiro atoms. The van der Waals surface area contributed by atoms with Gasteiger partial charge in [-0.25, -0.2) is 0 Å². The minimum Gasteiger partial charge on any atom is -0.481 e. The van der Waals surface area contributed by atoms with Crippen LogP contribution in [0.3, 0.4) is 0 Å². The van der Waals surface area contributed by atoms with Gasteiger partial charge in [-0.2, -0.15) is 4.57 Å². The number of rotatable bonds is 4. The maximum absolute atomic E-state index is 11.5. The number of carbonyl (C=O) groups excluding carboxylic acids is 2. The highest BCUT2D eigenvalue weighted by molar-refractivity contribution is 6.01. The van der Waals surface area contributed by atoms with E-state index in [4.69, 9.17) is 5.11 Å². The summed E-state index contributed by atoms with van der Waals surface area (Å²) in [6.07, 6.45) is 1.25. The molecule has 0 bridgehead atoms. The standard InChI is InChI=1S/C12H13NO4/c1-7(14)9-4-5-13(3)12(8(2)15)10(9)6-11(16)17/h4-5H,6H2,1-3H3/p+1. The highest BCUT2D eigenvalue weighted by Gasteiger charge is 2.25. The van der Waals surface area contributed by atoms with E-state index in [1.54, 1.807) is 13.2 Å². The van der Waals surface area contributed by atoms with Gasteiger partial charge in [0.15, 0.2) is 12.0 Å². The number of hydrogen-bond donors (Lipinski definition) is 1. The molecule has 0 saturated carbocycles. The molecule has 0 aliphatic carbocycles. The van der Waals surface area contributed by atoms with Crippen molar-refractivity contribution in [2.45, 2.75) is 20.3 Å². The van der Waals surface area contributed by atoms with E-state index in [2.05, 4.69) is 0 Å². The molecule has 1 N–H and O–H groups in total. The second-order valence-corrected chi connectivity index (χ2v) is 3.85. The number of aliphatic carboxylic acids is 1. The normalized spacial score (nSPS) is 10.1. The van der Waals surface area contributed by atoms with Crippen LogP contribution in [0.5, 0.6) is 0 Å². The van der Waals surface area contributed by atoms with Crippen LogP contribution in [0.2, 0.25) is 0 Å². The number of aryl methyl sites for hydroxylation is 1. The molecular weight excluding hydrogens is 222 g/mol. The van der Waals surface area contributed by atoms with Crippen LogP contribution in [-0.4, -0.2) is 22.6 Å². The summed E-state index contributed by atoms with van der Waals surface area (Å²) >= 11 is 0. The number of carboxylic acids is 1. The lowest BCUT2D eigenvalue weighted by Gasteiger charge is -2.07. The third kappa shape index (κ3) is 2.75. The Bertz CT molecular complexity index is 505. The van der Waals surface area contributed by atoms with Gasteiger partial charge in [-0.05, 0) is 6.92 Å². The van der Waals surface area contributed by atoms with E-state index in [1.807, 2.05) is 0 Å². The minimum atomic E-state index is -1.07. The van der Waals surface area contributed by atoms with Crippen molar-refractivity contribution in [3.05, 3.63) is 29.1 Å². The second kappa shape index (κ2) is 4.86. The molecule has 90 valence electrons. The lowest BCUT2D eigenvalue weighted by Crippen LogP contribution is -2.38. The zero-order chi connectivity index (χ0) is 13.2. The lowest BCUT2D eigenvalue weighted by molar-refractivity contribution is -0.673. The van der Waals surface area contributed by atoms with E-state index >= 15 is 0 Å². The van der Waals surface area contributed by atoms with Crippen molar-refractivity contribution in [2.24, 2.45) is 7.05 Å². The number of pyridine rings is 1. The van der Waals surface area contributed by atoms with Crippen LogP contribution in [-0.2, 0) is 18.3 Å². The third-order valence-corrected chi connectivity index (χ3v) is 2.47. The van der Waals surface area contributed by atoms with Gasteiger partial charge < -0.3 is 5.11 Å². The molecule has 1 aromatic rings. The molecule has 0 radical (unpaired) electrons. The molecule has 0 unspecified atom stereocenters. The third-order valence-electron chi connectivity index (χ3n) is 2.47.